The van der Waals surface area contributed by atoms with Gasteiger partial charge in [0.15, 0.2) is 0 Å². The first kappa shape index (κ1) is 11.0. The maximum Gasteiger partial charge on any atom is 0.0937 e. The van der Waals surface area contributed by atoms with E-state index in [-0.39, 0.29) is 0 Å². The number of nitrogens with zero attached hydrogens (tertiary/aromatic N) is 3. The lowest BCUT2D eigenvalue weighted by atomic mass is 10.3. The van der Waals surface area contributed by atoms with Gasteiger partial charge in [0.2, 0.25) is 0 Å². The molecule has 0 spiro atoms. The highest BCUT2D eigenvalue weighted by molar-refractivity contribution is 7.09. The number of thiazole rings is 1. The van der Waals surface area contributed by atoms with Gasteiger partial charge in [0.1, 0.15) is 0 Å². The van der Waals surface area contributed by atoms with Crippen LogP contribution in [0.25, 0.3) is 6.20 Å². The van der Waals surface area contributed by atoms with Gasteiger partial charge < -0.3 is 5.32 Å². The van der Waals surface area contributed by atoms with Crippen LogP contribution in [0.3, 0.4) is 0 Å². The van der Waals surface area contributed by atoms with E-state index in [1.807, 2.05) is 24.0 Å². The van der Waals surface area contributed by atoms with Crippen LogP contribution in [0.4, 0.5) is 0 Å². The van der Waals surface area contributed by atoms with E-state index in [4.69, 9.17) is 0 Å². The zero-order chi connectivity index (χ0) is 11.2. The third-order valence-electron chi connectivity index (χ3n) is 2.17. The van der Waals surface area contributed by atoms with Gasteiger partial charge in [0.25, 0.3) is 0 Å². The molecule has 0 fully saturated rings. The van der Waals surface area contributed by atoms with E-state index in [1.165, 1.54) is 10.6 Å². The van der Waals surface area contributed by atoms with E-state index >= 15 is 0 Å². The van der Waals surface area contributed by atoms with E-state index in [0.717, 1.165) is 19.5 Å². The first-order valence-corrected chi connectivity index (χ1v) is 6.01. The molecular formula is C11H14N4S. The zero-order valence-electron chi connectivity index (χ0n) is 8.97. The van der Waals surface area contributed by atoms with Gasteiger partial charge in [-0.15, -0.1) is 11.3 Å². The second kappa shape index (κ2) is 5.58. The minimum Gasteiger partial charge on any atom is -0.312 e. The van der Waals surface area contributed by atoms with Crippen LogP contribution >= 0.6 is 11.3 Å². The molecule has 0 saturated heterocycles. The van der Waals surface area contributed by atoms with Crippen LogP contribution in [-0.4, -0.2) is 21.3 Å². The molecule has 0 aliphatic heterocycles. The Hall–Kier alpha value is -1.46. The highest BCUT2D eigenvalue weighted by Crippen LogP contribution is 2.03. The normalized spacial score (nSPS) is 10.5. The van der Waals surface area contributed by atoms with Crippen LogP contribution in [0, 0.1) is 0 Å². The fourth-order valence-corrected chi connectivity index (χ4v) is 1.99. The molecule has 0 radical (unpaired) electrons. The summed E-state index contributed by atoms with van der Waals surface area (Å²) < 4.78 is 1.71. The summed E-state index contributed by atoms with van der Waals surface area (Å²) in [6, 6.07) is 0. The second-order valence-electron chi connectivity index (χ2n) is 3.36. The number of rotatable bonds is 6. The molecule has 2 rings (SSSR count). The highest BCUT2D eigenvalue weighted by atomic mass is 32.1. The molecule has 2 aromatic heterocycles. The SMILES string of the molecule is C=Cn1cc(CNCCc2nccs2)cn1. The summed E-state index contributed by atoms with van der Waals surface area (Å²) in [4.78, 5) is 4.23. The van der Waals surface area contributed by atoms with E-state index in [9.17, 15) is 0 Å². The molecule has 16 heavy (non-hydrogen) atoms. The van der Waals surface area contributed by atoms with Gasteiger partial charge >= 0.3 is 0 Å². The monoisotopic (exact) mass is 234 g/mol. The Labute approximate surface area is 98.6 Å². The van der Waals surface area contributed by atoms with E-state index in [0.29, 0.717) is 0 Å². The smallest absolute Gasteiger partial charge is 0.0937 e. The summed E-state index contributed by atoms with van der Waals surface area (Å²) in [5.74, 6) is 0. The largest absolute Gasteiger partial charge is 0.312 e. The summed E-state index contributed by atoms with van der Waals surface area (Å²) >= 11 is 1.70. The summed E-state index contributed by atoms with van der Waals surface area (Å²) in [5, 5.41) is 10.6. The van der Waals surface area contributed by atoms with Crippen molar-refractivity contribution in [2.45, 2.75) is 13.0 Å². The highest BCUT2D eigenvalue weighted by Gasteiger charge is 1.97. The fourth-order valence-electron chi connectivity index (χ4n) is 1.37. The molecule has 1 N–H and O–H groups in total. The minimum atomic E-state index is 0.833. The Morgan fingerprint density at radius 1 is 1.56 bits per heavy atom. The molecule has 0 amide bonds. The molecule has 0 aliphatic carbocycles. The molecule has 2 heterocycles. The fraction of sp³-hybridized carbons (Fsp3) is 0.273. The molecule has 0 unspecified atom stereocenters. The second-order valence-corrected chi connectivity index (χ2v) is 4.34. The van der Waals surface area contributed by atoms with Crippen LogP contribution in [0.2, 0.25) is 0 Å². The van der Waals surface area contributed by atoms with Crippen LogP contribution < -0.4 is 5.32 Å². The summed E-state index contributed by atoms with van der Waals surface area (Å²) in [6.45, 7) is 5.42. The standard InChI is InChI=1S/C11H14N4S/c1-2-15-9-10(8-14-15)7-12-4-3-11-13-5-6-16-11/h2,5-6,8-9,12H,1,3-4,7H2. The van der Waals surface area contributed by atoms with E-state index in [1.54, 1.807) is 22.2 Å². The third-order valence-corrected chi connectivity index (χ3v) is 3.01. The molecule has 5 heteroatoms. The molecule has 0 aliphatic rings. The maximum absolute atomic E-state index is 4.23. The Bertz CT molecular complexity index is 433. The molecule has 0 aromatic carbocycles. The summed E-state index contributed by atoms with van der Waals surface area (Å²) in [6.07, 6.45) is 8.31. The van der Waals surface area contributed by atoms with Gasteiger partial charge in [0, 0.05) is 49.0 Å². The Morgan fingerprint density at radius 2 is 2.50 bits per heavy atom. The molecule has 2 aromatic rings. The number of nitrogens with one attached hydrogen (secondary N) is 1. The van der Waals surface area contributed by atoms with Crippen LogP contribution in [0.5, 0.6) is 0 Å². The van der Waals surface area contributed by atoms with Gasteiger partial charge in [-0.1, -0.05) is 6.58 Å². The zero-order valence-corrected chi connectivity index (χ0v) is 9.78. The van der Waals surface area contributed by atoms with Crippen molar-refractivity contribution < 1.29 is 0 Å². The van der Waals surface area contributed by atoms with Crippen molar-refractivity contribution in [3.05, 3.63) is 41.1 Å². The molecule has 0 saturated carbocycles. The quantitative estimate of drug-likeness (QED) is 0.775. The predicted octanol–water partition coefficient (Wildman–Crippen LogP) is 1.77. The first-order chi connectivity index (χ1) is 7.88. The predicted molar refractivity (Wildman–Crippen MR) is 66.1 cm³/mol. The van der Waals surface area contributed by atoms with Crippen molar-refractivity contribution in [3.63, 3.8) is 0 Å². The van der Waals surface area contributed by atoms with Crippen LogP contribution in [0.15, 0.2) is 30.5 Å². The minimum absolute atomic E-state index is 0.833. The van der Waals surface area contributed by atoms with Crippen LogP contribution in [0.1, 0.15) is 10.6 Å². The summed E-state index contributed by atoms with van der Waals surface area (Å²) in [7, 11) is 0. The maximum atomic E-state index is 4.23. The lowest BCUT2D eigenvalue weighted by Gasteiger charge is -2.00. The molecule has 0 atom stereocenters. The molecule has 4 nitrogen and oxygen atoms in total. The van der Waals surface area contributed by atoms with Gasteiger partial charge in [-0.2, -0.15) is 5.10 Å². The van der Waals surface area contributed by atoms with Crippen molar-refractivity contribution in [1.82, 2.24) is 20.1 Å². The summed E-state index contributed by atoms with van der Waals surface area (Å²) in [5.41, 5.74) is 1.17. The van der Waals surface area contributed by atoms with Crippen molar-refractivity contribution in [3.8, 4) is 0 Å². The number of aromatic nitrogens is 3. The topological polar surface area (TPSA) is 42.7 Å². The first-order valence-electron chi connectivity index (χ1n) is 5.13. The van der Waals surface area contributed by atoms with Gasteiger partial charge in [-0.25, -0.2) is 9.67 Å². The van der Waals surface area contributed by atoms with Gasteiger partial charge in [0.05, 0.1) is 11.2 Å². The Balaban J connectivity index is 1.70. The van der Waals surface area contributed by atoms with E-state index < -0.39 is 0 Å². The Morgan fingerprint density at radius 3 is 3.19 bits per heavy atom. The van der Waals surface area contributed by atoms with Crippen molar-refractivity contribution >= 4 is 17.5 Å². The average Bonchev–Trinajstić information content (AvgIpc) is 2.95. The van der Waals surface area contributed by atoms with Crippen molar-refractivity contribution in [2.75, 3.05) is 6.54 Å². The molecular weight excluding hydrogens is 220 g/mol. The Kier molecular flexibility index (Phi) is 3.85. The third kappa shape index (κ3) is 3.01. The molecule has 84 valence electrons. The lowest BCUT2D eigenvalue weighted by molar-refractivity contribution is 0.685. The van der Waals surface area contributed by atoms with Crippen LogP contribution in [-0.2, 0) is 13.0 Å². The van der Waals surface area contributed by atoms with Gasteiger partial charge in [-0.3, -0.25) is 0 Å². The average molecular weight is 234 g/mol. The van der Waals surface area contributed by atoms with Crippen molar-refractivity contribution in [2.24, 2.45) is 0 Å². The van der Waals surface area contributed by atoms with Gasteiger partial charge in [-0.05, 0) is 0 Å². The number of hydrogen-bond donors (Lipinski definition) is 1. The van der Waals surface area contributed by atoms with E-state index in [2.05, 4.69) is 22.0 Å². The molecule has 0 bridgehead atoms. The lowest BCUT2D eigenvalue weighted by Crippen LogP contribution is -2.16. The van der Waals surface area contributed by atoms with Crippen molar-refractivity contribution in [1.29, 1.82) is 0 Å². The number of hydrogen-bond acceptors (Lipinski definition) is 4.